The van der Waals surface area contributed by atoms with Gasteiger partial charge in [-0.1, -0.05) is 44.5 Å². The van der Waals surface area contributed by atoms with Crippen LogP contribution in [0.1, 0.15) is 36.8 Å². The number of hydrogen-bond acceptors (Lipinski definition) is 4. The monoisotopic (exact) mass is 366 g/mol. The number of carbonyl (C=O) groups is 1. The number of carbonyl (C=O) groups excluding carboxylic acids is 1. The van der Waals surface area contributed by atoms with E-state index in [1.807, 2.05) is 17.6 Å². The minimum atomic E-state index is -1.58. The van der Waals surface area contributed by atoms with Gasteiger partial charge >= 0.3 is 0 Å². The number of benzene rings is 1. The van der Waals surface area contributed by atoms with Crippen LogP contribution in [-0.4, -0.2) is 15.1 Å². The fourth-order valence-corrected chi connectivity index (χ4v) is 3.02. The number of aromatic nitrogens is 1. The van der Waals surface area contributed by atoms with Crippen LogP contribution in [0.2, 0.25) is 5.02 Å². The Hall–Kier alpha value is -1.96. The van der Waals surface area contributed by atoms with Crippen LogP contribution in [-0.2, 0) is 16.4 Å². The van der Waals surface area contributed by atoms with Crippen molar-refractivity contribution in [3.05, 3.63) is 52.8 Å². The van der Waals surface area contributed by atoms with Gasteiger partial charge in [0.05, 0.1) is 15.6 Å². The third-order valence-electron chi connectivity index (χ3n) is 3.34. The van der Waals surface area contributed by atoms with Gasteiger partial charge in [0.15, 0.2) is 5.69 Å². The molecule has 0 aliphatic carbocycles. The van der Waals surface area contributed by atoms with Crippen LogP contribution in [0.5, 0.6) is 0 Å². The van der Waals surface area contributed by atoms with Gasteiger partial charge in [0.1, 0.15) is 11.0 Å². The number of nitrogens with two attached hydrogens (primary N) is 1. The van der Waals surface area contributed by atoms with Gasteiger partial charge in [-0.3, -0.25) is 14.9 Å². The number of rotatable bonds is 4. The maximum atomic E-state index is 12.5. The molecule has 2 aromatic rings. The topological polar surface area (TPSA) is 97.1 Å². The summed E-state index contributed by atoms with van der Waals surface area (Å²) in [6, 6.07) is 8.90. The smallest absolute Gasteiger partial charge is 0.285 e. The number of pyridine rings is 1. The van der Waals surface area contributed by atoms with E-state index < -0.39 is 16.9 Å². The molecule has 1 atom stereocenters. The van der Waals surface area contributed by atoms with E-state index in [9.17, 15) is 9.00 Å². The zero-order valence-corrected chi connectivity index (χ0v) is 15.2. The number of nitrogen functional groups attached to an aromatic ring is 1. The highest BCUT2D eigenvalue weighted by Gasteiger charge is 2.17. The molecular formula is C16H19ClN4O2S. The van der Waals surface area contributed by atoms with E-state index in [1.165, 1.54) is 12.3 Å². The molecule has 0 saturated heterocycles. The first-order chi connectivity index (χ1) is 11.2. The molecule has 6 nitrogen and oxygen atoms in total. The molecule has 2 rings (SSSR count). The molecular weight excluding hydrogens is 348 g/mol. The van der Waals surface area contributed by atoms with E-state index in [2.05, 4.69) is 30.5 Å². The summed E-state index contributed by atoms with van der Waals surface area (Å²) in [5, 5.41) is 0.311. The Balaban J connectivity index is 2.27. The molecule has 0 radical (unpaired) electrons. The Kier molecular flexibility index (Phi) is 5.58. The van der Waals surface area contributed by atoms with E-state index in [4.69, 9.17) is 17.4 Å². The van der Waals surface area contributed by atoms with Gasteiger partial charge in [0.2, 0.25) is 0 Å². The fraction of sp³-hybridized carbons (Fsp3) is 0.250. The van der Waals surface area contributed by atoms with Crippen molar-refractivity contribution in [3.8, 4) is 0 Å². The van der Waals surface area contributed by atoms with Crippen LogP contribution in [0.3, 0.4) is 0 Å². The summed E-state index contributed by atoms with van der Waals surface area (Å²) in [4.78, 5) is 16.2. The van der Waals surface area contributed by atoms with E-state index in [-0.39, 0.29) is 16.8 Å². The third kappa shape index (κ3) is 4.31. The highest BCUT2D eigenvalue weighted by Crippen LogP contribution is 2.24. The van der Waals surface area contributed by atoms with Gasteiger partial charge < -0.3 is 0 Å². The van der Waals surface area contributed by atoms with Crippen molar-refractivity contribution in [2.75, 3.05) is 4.72 Å². The van der Waals surface area contributed by atoms with Gasteiger partial charge in [-0.15, -0.1) is 0 Å². The lowest BCUT2D eigenvalue weighted by atomic mass is 9.87. The molecule has 0 aliphatic rings. The third-order valence-corrected chi connectivity index (χ3v) is 4.65. The average Bonchev–Trinajstić information content (AvgIpc) is 2.53. The largest absolute Gasteiger partial charge is 0.299 e. The van der Waals surface area contributed by atoms with Gasteiger partial charge in [0, 0.05) is 6.20 Å². The molecule has 24 heavy (non-hydrogen) atoms. The number of anilines is 1. The van der Waals surface area contributed by atoms with Crippen molar-refractivity contribution in [3.63, 3.8) is 0 Å². The lowest BCUT2D eigenvalue weighted by molar-refractivity contribution is 0.0949. The minimum Gasteiger partial charge on any atom is -0.299 e. The van der Waals surface area contributed by atoms with Crippen LogP contribution in [0.15, 0.2) is 41.4 Å². The van der Waals surface area contributed by atoms with Crippen molar-refractivity contribution in [2.45, 2.75) is 31.1 Å². The Labute approximate surface area is 148 Å². The first-order valence-electron chi connectivity index (χ1n) is 7.18. The molecule has 0 spiro atoms. The molecule has 0 aliphatic heterocycles. The summed E-state index contributed by atoms with van der Waals surface area (Å²) in [5.74, 6) is 4.53. The number of nitrogens with zero attached hydrogens (tertiary/aromatic N) is 1. The highest BCUT2D eigenvalue weighted by atomic mass is 35.5. The molecule has 1 heterocycles. The lowest BCUT2D eigenvalue weighted by Crippen LogP contribution is -2.31. The summed E-state index contributed by atoms with van der Waals surface area (Å²) in [6.07, 6.45) is 1.32. The summed E-state index contributed by atoms with van der Waals surface area (Å²) >= 11 is 5.90. The van der Waals surface area contributed by atoms with Crippen molar-refractivity contribution in [2.24, 2.45) is 5.84 Å². The van der Waals surface area contributed by atoms with Crippen LogP contribution in [0.25, 0.3) is 0 Å². The zero-order valence-electron chi connectivity index (χ0n) is 13.6. The highest BCUT2D eigenvalue weighted by molar-refractivity contribution is 7.86. The second-order valence-electron chi connectivity index (χ2n) is 6.17. The van der Waals surface area contributed by atoms with Gasteiger partial charge in [-0.2, -0.15) is 0 Å². The summed E-state index contributed by atoms with van der Waals surface area (Å²) in [7, 11) is -1.58. The lowest BCUT2D eigenvalue weighted by Gasteiger charge is -2.19. The Bertz CT molecular complexity index is 773. The molecule has 0 bridgehead atoms. The van der Waals surface area contributed by atoms with Crippen LogP contribution < -0.4 is 16.0 Å². The maximum absolute atomic E-state index is 12.5. The second kappa shape index (κ2) is 7.29. The molecule has 4 N–H and O–H groups in total. The van der Waals surface area contributed by atoms with E-state index in [0.29, 0.717) is 9.92 Å². The van der Waals surface area contributed by atoms with Crippen molar-refractivity contribution < 1.29 is 9.00 Å². The molecule has 0 saturated carbocycles. The minimum absolute atomic E-state index is 0.0106. The molecule has 1 unspecified atom stereocenters. The number of nitrogens with one attached hydrogen (secondary N) is 2. The van der Waals surface area contributed by atoms with E-state index in [1.54, 1.807) is 12.1 Å². The molecule has 0 fully saturated rings. The molecule has 1 amide bonds. The second-order valence-corrected chi connectivity index (χ2v) is 7.82. The number of hydrogen-bond donors (Lipinski definition) is 3. The summed E-state index contributed by atoms with van der Waals surface area (Å²) in [5.41, 5.74) is 3.40. The predicted molar refractivity (Wildman–Crippen MR) is 96.1 cm³/mol. The van der Waals surface area contributed by atoms with E-state index >= 15 is 0 Å². The van der Waals surface area contributed by atoms with Crippen molar-refractivity contribution >= 4 is 34.2 Å². The summed E-state index contributed by atoms with van der Waals surface area (Å²) in [6.45, 7) is 6.31. The SMILES string of the molecule is CC(C)(C)c1ccc(S(=O)Nc2cc(Cl)cnc2C(=O)NN)cc1. The van der Waals surface area contributed by atoms with Crippen LogP contribution >= 0.6 is 11.6 Å². The van der Waals surface area contributed by atoms with Crippen LogP contribution in [0.4, 0.5) is 5.69 Å². The van der Waals surface area contributed by atoms with Gasteiger partial charge in [-0.05, 0) is 29.2 Å². The Morgan fingerprint density at radius 3 is 2.42 bits per heavy atom. The van der Waals surface area contributed by atoms with Crippen LogP contribution in [0, 0.1) is 0 Å². The standard InChI is InChI=1S/C16H19ClN4O2S/c1-16(2,3)10-4-6-12(7-5-10)24(23)21-13-8-11(17)9-19-14(13)15(22)20-18/h4-9,21H,18H2,1-3H3,(H,20,22). The first kappa shape index (κ1) is 18.4. The first-order valence-corrected chi connectivity index (χ1v) is 8.70. The number of amides is 1. The molecule has 1 aromatic heterocycles. The number of hydrazine groups is 1. The number of halogens is 1. The summed E-state index contributed by atoms with van der Waals surface area (Å²) < 4.78 is 15.3. The Morgan fingerprint density at radius 1 is 1.25 bits per heavy atom. The fourth-order valence-electron chi connectivity index (χ4n) is 2.00. The maximum Gasteiger partial charge on any atom is 0.285 e. The Morgan fingerprint density at radius 2 is 1.88 bits per heavy atom. The molecule has 128 valence electrons. The van der Waals surface area contributed by atoms with Gasteiger partial charge in [-0.25, -0.2) is 15.0 Å². The average molecular weight is 367 g/mol. The zero-order chi connectivity index (χ0) is 17.9. The molecule has 1 aromatic carbocycles. The van der Waals surface area contributed by atoms with Crippen molar-refractivity contribution in [1.29, 1.82) is 0 Å². The quantitative estimate of drug-likeness (QED) is 0.440. The molecule has 8 heteroatoms. The van der Waals surface area contributed by atoms with E-state index in [0.717, 1.165) is 5.56 Å². The van der Waals surface area contributed by atoms with Gasteiger partial charge in [0.25, 0.3) is 5.91 Å². The predicted octanol–water partition coefficient (Wildman–Crippen LogP) is 2.77. The van der Waals surface area contributed by atoms with Crippen molar-refractivity contribution in [1.82, 2.24) is 10.4 Å². The normalized spacial score (nSPS) is 12.5.